The van der Waals surface area contributed by atoms with Crippen molar-refractivity contribution in [2.45, 2.75) is 18.2 Å². The van der Waals surface area contributed by atoms with E-state index >= 15 is 0 Å². The van der Waals surface area contributed by atoms with Crippen molar-refractivity contribution < 1.29 is 0 Å². The van der Waals surface area contributed by atoms with Crippen LogP contribution in [-0.4, -0.2) is 32.6 Å². The van der Waals surface area contributed by atoms with E-state index in [0.717, 1.165) is 29.9 Å². The molecule has 2 heterocycles. The lowest BCUT2D eigenvalue weighted by Crippen LogP contribution is -2.26. The molecule has 0 bridgehead atoms. The molecule has 2 aromatic rings. The molecule has 1 aromatic heterocycles. The first kappa shape index (κ1) is 10.8. The second-order valence-corrected chi connectivity index (χ2v) is 5.16. The molecule has 4 nitrogen and oxygen atoms in total. The van der Waals surface area contributed by atoms with E-state index in [4.69, 9.17) is 0 Å². The number of aromatic nitrogens is 3. The van der Waals surface area contributed by atoms with Gasteiger partial charge in [0.25, 0.3) is 0 Å². The smallest absolute Gasteiger partial charge is 0.188 e. The Morgan fingerprint density at radius 2 is 2.12 bits per heavy atom. The van der Waals surface area contributed by atoms with Gasteiger partial charge in [0.15, 0.2) is 11.0 Å². The summed E-state index contributed by atoms with van der Waals surface area (Å²) in [5, 5.41) is 5.58. The van der Waals surface area contributed by atoms with Gasteiger partial charge < -0.3 is 0 Å². The van der Waals surface area contributed by atoms with E-state index in [9.17, 15) is 0 Å². The Labute approximate surface area is 105 Å². The fourth-order valence-electron chi connectivity index (χ4n) is 1.86. The van der Waals surface area contributed by atoms with E-state index in [0.29, 0.717) is 0 Å². The first-order valence-electron chi connectivity index (χ1n) is 5.60. The number of hydrogen-bond acceptors (Lipinski definition) is 4. The number of fused-ring (bicyclic) bond motifs is 1. The SMILES string of the molecule is CN1CSc2nc(Cc3ccccc3)nn2C1. The van der Waals surface area contributed by atoms with Crippen LogP contribution in [0.1, 0.15) is 11.4 Å². The van der Waals surface area contributed by atoms with Gasteiger partial charge in [0.1, 0.15) is 0 Å². The van der Waals surface area contributed by atoms with Crippen LogP contribution in [-0.2, 0) is 13.1 Å². The monoisotopic (exact) mass is 246 g/mol. The van der Waals surface area contributed by atoms with Crippen molar-refractivity contribution in [3.8, 4) is 0 Å². The van der Waals surface area contributed by atoms with Gasteiger partial charge in [0.2, 0.25) is 0 Å². The van der Waals surface area contributed by atoms with Crippen LogP contribution in [0.5, 0.6) is 0 Å². The molecule has 0 radical (unpaired) electrons. The van der Waals surface area contributed by atoms with E-state index in [1.807, 2.05) is 22.9 Å². The van der Waals surface area contributed by atoms with Crippen molar-refractivity contribution in [3.63, 3.8) is 0 Å². The van der Waals surface area contributed by atoms with Gasteiger partial charge in [-0.05, 0) is 12.6 Å². The lowest BCUT2D eigenvalue weighted by Gasteiger charge is -2.21. The molecule has 1 aliphatic rings. The molecule has 1 aliphatic heterocycles. The molecule has 3 rings (SSSR count). The molecule has 0 unspecified atom stereocenters. The summed E-state index contributed by atoms with van der Waals surface area (Å²) < 4.78 is 1.98. The Balaban J connectivity index is 1.81. The number of benzene rings is 1. The summed E-state index contributed by atoms with van der Waals surface area (Å²) in [4.78, 5) is 6.79. The maximum Gasteiger partial charge on any atom is 0.188 e. The molecule has 17 heavy (non-hydrogen) atoms. The maximum atomic E-state index is 4.57. The molecule has 0 N–H and O–H groups in total. The van der Waals surface area contributed by atoms with Crippen LogP contribution < -0.4 is 0 Å². The topological polar surface area (TPSA) is 34.0 Å². The molecule has 0 aliphatic carbocycles. The van der Waals surface area contributed by atoms with Crippen LogP contribution in [0.15, 0.2) is 35.5 Å². The Hall–Kier alpha value is -1.33. The van der Waals surface area contributed by atoms with Crippen molar-refractivity contribution in [1.82, 2.24) is 19.7 Å². The van der Waals surface area contributed by atoms with Crippen LogP contribution in [0.3, 0.4) is 0 Å². The zero-order valence-corrected chi connectivity index (χ0v) is 10.5. The van der Waals surface area contributed by atoms with Crippen LogP contribution in [0.25, 0.3) is 0 Å². The normalized spacial score (nSPS) is 15.8. The minimum Gasteiger partial charge on any atom is -0.278 e. The fraction of sp³-hybridized carbons (Fsp3) is 0.333. The standard InChI is InChI=1S/C12H14N4S/c1-15-8-16-12(17-9-15)13-11(14-16)7-10-5-3-2-4-6-10/h2-6H,7-9H2,1H3. The zero-order valence-electron chi connectivity index (χ0n) is 9.71. The Morgan fingerprint density at radius 3 is 2.94 bits per heavy atom. The first-order chi connectivity index (χ1) is 8.31. The highest BCUT2D eigenvalue weighted by atomic mass is 32.2. The molecule has 88 valence electrons. The van der Waals surface area contributed by atoms with Gasteiger partial charge in [-0.15, -0.1) is 0 Å². The minimum atomic E-state index is 0.811. The van der Waals surface area contributed by atoms with Crippen LogP contribution in [0.2, 0.25) is 0 Å². The minimum absolute atomic E-state index is 0.811. The number of rotatable bonds is 2. The molecule has 0 atom stereocenters. The molecule has 0 fully saturated rings. The number of thioether (sulfide) groups is 1. The second kappa shape index (κ2) is 4.50. The highest BCUT2D eigenvalue weighted by Crippen LogP contribution is 2.22. The average molecular weight is 246 g/mol. The highest BCUT2D eigenvalue weighted by molar-refractivity contribution is 7.99. The van der Waals surface area contributed by atoms with Crippen molar-refractivity contribution in [2.75, 3.05) is 12.9 Å². The van der Waals surface area contributed by atoms with E-state index in [1.54, 1.807) is 11.8 Å². The van der Waals surface area contributed by atoms with Crippen LogP contribution in [0.4, 0.5) is 0 Å². The summed E-state index contributed by atoms with van der Waals surface area (Å²) in [6, 6.07) is 10.3. The Morgan fingerprint density at radius 1 is 1.29 bits per heavy atom. The lowest BCUT2D eigenvalue weighted by atomic mass is 10.1. The summed E-state index contributed by atoms with van der Waals surface area (Å²) in [5.41, 5.74) is 1.26. The van der Waals surface area contributed by atoms with Crippen molar-refractivity contribution in [1.29, 1.82) is 0 Å². The van der Waals surface area contributed by atoms with Crippen molar-refractivity contribution in [3.05, 3.63) is 41.7 Å². The van der Waals surface area contributed by atoms with E-state index in [-0.39, 0.29) is 0 Å². The van der Waals surface area contributed by atoms with Gasteiger partial charge in [0.05, 0.1) is 12.5 Å². The summed E-state index contributed by atoms with van der Waals surface area (Å²) in [6.45, 7) is 0.837. The van der Waals surface area contributed by atoms with E-state index < -0.39 is 0 Å². The summed E-state index contributed by atoms with van der Waals surface area (Å²) in [6.07, 6.45) is 0.811. The maximum absolute atomic E-state index is 4.57. The molecular weight excluding hydrogens is 232 g/mol. The highest BCUT2D eigenvalue weighted by Gasteiger charge is 2.17. The quantitative estimate of drug-likeness (QED) is 0.809. The van der Waals surface area contributed by atoms with Crippen LogP contribution >= 0.6 is 11.8 Å². The fourth-order valence-corrected chi connectivity index (χ4v) is 2.70. The second-order valence-electron chi connectivity index (χ2n) is 4.24. The predicted molar refractivity (Wildman–Crippen MR) is 67.8 cm³/mol. The number of nitrogens with zero attached hydrogens (tertiary/aromatic N) is 4. The molecular formula is C12H14N4S. The van der Waals surface area contributed by atoms with Gasteiger partial charge in [-0.2, -0.15) is 5.10 Å². The molecule has 0 spiro atoms. The summed E-state index contributed by atoms with van der Waals surface area (Å²) >= 11 is 1.74. The third-order valence-electron chi connectivity index (χ3n) is 2.68. The van der Waals surface area contributed by atoms with Gasteiger partial charge in [0, 0.05) is 6.42 Å². The molecule has 0 saturated carbocycles. The van der Waals surface area contributed by atoms with E-state index in [2.05, 4.69) is 34.2 Å². The average Bonchev–Trinajstić information content (AvgIpc) is 2.71. The third kappa shape index (κ3) is 2.35. The molecule has 1 aromatic carbocycles. The summed E-state index contributed by atoms with van der Waals surface area (Å²) in [7, 11) is 2.09. The Kier molecular flexibility index (Phi) is 2.86. The van der Waals surface area contributed by atoms with Crippen molar-refractivity contribution in [2.24, 2.45) is 0 Å². The Bertz CT molecular complexity index is 508. The third-order valence-corrected chi connectivity index (χ3v) is 3.81. The van der Waals surface area contributed by atoms with Gasteiger partial charge in [-0.3, -0.25) is 4.90 Å². The lowest BCUT2D eigenvalue weighted by molar-refractivity contribution is 0.269. The van der Waals surface area contributed by atoms with Crippen molar-refractivity contribution >= 4 is 11.8 Å². The van der Waals surface area contributed by atoms with Gasteiger partial charge in [-0.25, -0.2) is 9.67 Å². The number of hydrogen-bond donors (Lipinski definition) is 0. The van der Waals surface area contributed by atoms with E-state index in [1.165, 1.54) is 5.56 Å². The first-order valence-corrected chi connectivity index (χ1v) is 6.59. The van der Waals surface area contributed by atoms with Gasteiger partial charge >= 0.3 is 0 Å². The summed E-state index contributed by atoms with van der Waals surface area (Å²) in [5.74, 6) is 1.90. The largest absolute Gasteiger partial charge is 0.278 e. The molecule has 5 heteroatoms. The van der Waals surface area contributed by atoms with Crippen LogP contribution in [0, 0.1) is 0 Å². The molecule has 0 amide bonds. The van der Waals surface area contributed by atoms with Gasteiger partial charge in [-0.1, -0.05) is 42.1 Å². The molecule has 0 saturated heterocycles. The predicted octanol–water partition coefficient (Wildman–Crippen LogP) is 1.82. The zero-order chi connectivity index (χ0) is 11.7.